The molecule has 0 spiro atoms. The van der Waals surface area contributed by atoms with Crippen LogP contribution in [-0.4, -0.2) is 27.6 Å². The minimum Gasteiger partial charge on any atom is -0.308 e. The van der Waals surface area contributed by atoms with Crippen molar-refractivity contribution in [1.29, 1.82) is 0 Å². The summed E-state index contributed by atoms with van der Waals surface area (Å²) in [6.07, 6.45) is 0. The number of hydrogen-bond donors (Lipinski definition) is 0. The van der Waals surface area contributed by atoms with Crippen LogP contribution in [0, 0.1) is 0 Å². The molecule has 11 aromatic carbocycles. The van der Waals surface area contributed by atoms with Crippen LogP contribution in [0.25, 0.3) is 95.0 Å². The van der Waals surface area contributed by atoms with E-state index in [1.54, 1.807) is 0 Å². The fourth-order valence-electron chi connectivity index (χ4n) is 10.9. The van der Waals surface area contributed by atoms with Gasteiger partial charge in [0.1, 0.15) is 0 Å². The van der Waals surface area contributed by atoms with E-state index in [0.29, 0.717) is 17.5 Å². The molecule has 0 bridgehead atoms. The number of benzene rings is 11. The molecule has 74 heavy (non-hydrogen) atoms. The van der Waals surface area contributed by atoms with Crippen LogP contribution in [0.15, 0.2) is 291 Å². The molecule has 2 heterocycles. The summed E-state index contributed by atoms with van der Waals surface area (Å²) in [7, 11) is -2.84. The number of nitrogens with zero attached hydrogens (tertiary/aromatic N) is 4. The SMILES string of the molecule is c1ccc(-c2ccc3c(c2)c2cc(-c4ccccc4)ccc2n3-c2cc(-c3cccc([Si](c4ccccc4)(c4ccccc4)c4ccccc4)c3)ccc2-c2nc(-c3ccccc3)nc(-c3ccccc3)n2)cc1. The Kier molecular flexibility index (Phi) is 11.5. The summed E-state index contributed by atoms with van der Waals surface area (Å²) >= 11 is 0. The summed E-state index contributed by atoms with van der Waals surface area (Å²) in [6.45, 7) is 0. The van der Waals surface area contributed by atoms with Gasteiger partial charge in [0.2, 0.25) is 0 Å². The van der Waals surface area contributed by atoms with Gasteiger partial charge < -0.3 is 4.57 Å². The monoisotopic (exact) mass is 960 g/mol. The van der Waals surface area contributed by atoms with E-state index >= 15 is 0 Å². The van der Waals surface area contributed by atoms with Gasteiger partial charge in [-0.1, -0.05) is 255 Å². The van der Waals surface area contributed by atoms with Crippen LogP contribution in [-0.2, 0) is 0 Å². The van der Waals surface area contributed by atoms with Crippen molar-refractivity contribution < 1.29 is 0 Å². The molecule has 0 aliphatic heterocycles. The van der Waals surface area contributed by atoms with Crippen molar-refractivity contribution in [3.05, 3.63) is 291 Å². The Morgan fingerprint density at radius 1 is 0.243 bits per heavy atom. The van der Waals surface area contributed by atoms with Crippen LogP contribution in [0.2, 0.25) is 0 Å². The van der Waals surface area contributed by atoms with E-state index in [1.807, 2.05) is 36.4 Å². The molecular weight excluding hydrogens is 913 g/mol. The summed E-state index contributed by atoms with van der Waals surface area (Å²) < 4.78 is 2.43. The van der Waals surface area contributed by atoms with Crippen LogP contribution in [0.1, 0.15) is 0 Å². The molecule has 0 amide bonds. The molecule has 13 aromatic rings. The summed E-state index contributed by atoms with van der Waals surface area (Å²) in [5, 5.41) is 7.62. The van der Waals surface area contributed by atoms with E-state index in [0.717, 1.165) is 66.4 Å². The molecule has 0 aliphatic rings. The first-order valence-electron chi connectivity index (χ1n) is 25.2. The second-order valence-corrected chi connectivity index (χ2v) is 22.5. The molecule has 5 heteroatoms. The zero-order valence-electron chi connectivity index (χ0n) is 40.5. The van der Waals surface area contributed by atoms with Crippen molar-refractivity contribution in [2.45, 2.75) is 0 Å². The minimum atomic E-state index is -2.84. The lowest BCUT2D eigenvalue weighted by Crippen LogP contribution is -2.74. The predicted octanol–water partition coefficient (Wildman–Crippen LogP) is 14.3. The highest BCUT2D eigenvalue weighted by Gasteiger charge is 2.41. The zero-order valence-corrected chi connectivity index (χ0v) is 41.5. The Hall–Kier alpha value is -9.55. The van der Waals surface area contributed by atoms with Crippen molar-refractivity contribution in [2.75, 3.05) is 0 Å². The van der Waals surface area contributed by atoms with Crippen LogP contribution in [0.5, 0.6) is 0 Å². The van der Waals surface area contributed by atoms with Gasteiger partial charge in [0.25, 0.3) is 0 Å². The van der Waals surface area contributed by atoms with Gasteiger partial charge in [0.05, 0.1) is 16.7 Å². The Morgan fingerprint density at radius 3 is 1.03 bits per heavy atom. The van der Waals surface area contributed by atoms with E-state index in [9.17, 15) is 0 Å². The van der Waals surface area contributed by atoms with Gasteiger partial charge in [-0.2, -0.15) is 0 Å². The first-order chi connectivity index (χ1) is 36.7. The molecule has 0 aliphatic carbocycles. The molecule has 0 atom stereocenters. The van der Waals surface area contributed by atoms with Gasteiger partial charge in [0.15, 0.2) is 25.5 Å². The van der Waals surface area contributed by atoms with E-state index in [-0.39, 0.29) is 0 Å². The molecule has 0 unspecified atom stereocenters. The standard InChI is InChI=1S/C69H48N4Si/c1-8-23-49(24-9-1)54-40-43-64-62(46-54)63-47-55(50-25-10-2-11-26-50)41-44-65(63)73(64)66-48-56(39-42-61(66)69-71-67(51-27-12-3-13-28-51)70-68(72-69)52-29-14-4-15-30-52)53-31-22-38-60(45-53)74(57-32-16-5-17-33-57,58-34-18-6-19-35-58)59-36-20-7-21-37-59/h1-48H. The van der Waals surface area contributed by atoms with Crippen LogP contribution in [0.4, 0.5) is 0 Å². The quantitative estimate of drug-likeness (QED) is 0.0958. The maximum absolute atomic E-state index is 5.36. The summed E-state index contributed by atoms with van der Waals surface area (Å²) in [5.74, 6) is 1.82. The van der Waals surface area contributed by atoms with Gasteiger partial charge in [-0.3, -0.25) is 0 Å². The molecule has 0 saturated heterocycles. The van der Waals surface area contributed by atoms with E-state index in [2.05, 4.69) is 259 Å². The van der Waals surface area contributed by atoms with Gasteiger partial charge in [-0.25, -0.2) is 15.0 Å². The molecule has 0 saturated carbocycles. The molecule has 348 valence electrons. The van der Waals surface area contributed by atoms with E-state index in [4.69, 9.17) is 15.0 Å². The topological polar surface area (TPSA) is 43.6 Å². The normalized spacial score (nSPS) is 11.5. The van der Waals surface area contributed by atoms with Gasteiger partial charge >= 0.3 is 0 Å². The third kappa shape index (κ3) is 8.02. The molecular formula is C69H48N4Si. The Morgan fingerprint density at radius 2 is 0.581 bits per heavy atom. The molecule has 0 radical (unpaired) electrons. The largest absolute Gasteiger partial charge is 0.308 e. The summed E-state index contributed by atoms with van der Waals surface area (Å²) in [5.41, 5.74) is 12.7. The highest BCUT2D eigenvalue weighted by atomic mass is 28.3. The minimum absolute atomic E-state index is 0.591. The third-order valence-electron chi connectivity index (χ3n) is 14.4. The highest BCUT2D eigenvalue weighted by Crippen LogP contribution is 2.41. The zero-order chi connectivity index (χ0) is 49.3. The van der Waals surface area contributed by atoms with Gasteiger partial charge in [-0.05, 0) is 90.5 Å². The Bertz CT molecular complexity index is 3840. The first kappa shape index (κ1) is 44.4. The third-order valence-corrected chi connectivity index (χ3v) is 19.2. The number of aromatic nitrogens is 4. The van der Waals surface area contributed by atoms with Crippen LogP contribution in [0.3, 0.4) is 0 Å². The first-order valence-corrected chi connectivity index (χ1v) is 27.2. The van der Waals surface area contributed by atoms with Crippen LogP contribution >= 0.6 is 0 Å². The molecule has 0 fully saturated rings. The summed E-state index contributed by atoms with van der Waals surface area (Å²) in [4.78, 5) is 15.8. The molecule has 4 nitrogen and oxygen atoms in total. The van der Waals surface area contributed by atoms with Crippen molar-refractivity contribution >= 4 is 50.6 Å². The Balaban J connectivity index is 1.09. The second-order valence-electron chi connectivity index (χ2n) is 18.7. The van der Waals surface area contributed by atoms with Crippen molar-refractivity contribution in [1.82, 2.24) is 19.5 Å². The summed E-state index contributed by atoms with van der Waals surface area (Å²) in [6, 6.07) is 105. The lowest BCUT2D eigenvalue weighted by Gasteiger charge is -2.34. The average molecular weight is 961 g/mol. The molecule has 0 N–H and O–H groups in total. The molecule has 2 aromatic heterocycles. The highest BCUT2D eigenvalue weighted by molar-refractivity contribution is 7.19. The predicted molar refractivity (Wildman–Crippen MR) is 310 cm³/mol. The number of rotatable bonds is 11. The number of hydrogen-bond acceptors (Lipinski definition) is 3. The maximum Gasteiger partial charge on any atom is 0.179 e. The maximum atomic E-state index is 5.36. The lowest BCUT2D eigenvalue weighted by atomic mass is 10.0. The van der Waals surface area contributed by atoms with Crippen LogP contribution < -0.4 is 20.7 Å². The van der Waals surface area contributed by atoms with Crippen molar-refractivity contribution in [2.24, 2.45) is 0 Å². The second kappa shape index (κ2) is 19.2. The van der Waals surface area contributed by atoms with Gasteiger partial charge in [0, 0.05) is 27.5 Å². The van der Waals surface area contributed by atoms with E-state index in [1.165, 1.54) is 31.9 Å². The smallest absolute Gasteiger partial charge is 0.179 e. The number of fused-ring (bicyclic) bond motifs is 3. The Labute approximate surface area is 432 Å². The van der Waals surface area contributed by atoms with E-state index < -0.39 is 8.07 Å². The average Bonchev–Trinajstić information content (AvgIpc) is 3.85. The van der Waals surface area contributed by atoms with Crippen molar-refractivity contribution in [3.63, 3.8) is 0 Å². The van der Waals surface area contributed by atoms with Gasteiger partial charge in [-0.15, -0.1) is 0 Å². The lowest BCUT2D eigenvalue weighted by molar-refractivity contribution is 1.06. The fraction of sp³-hybridized carbons (Fsp3) is 0. The fourth-order valence-corrected chi connectivity index (χ4v) is 15.7. The van der Waals surface area contributed by atoms with Crippen molar-refractivity contribution in [3.8, 4) is 73.2 Å². The molecule has 13 rings (SSSR count).